The molecule has 10 aromatic rings. The van der Waals surface area contributed by atoms with E-state index in [1.165, 1.54) is 37.4 Å². The average molecular weight is 1100 g/mol. The topological polar surface area (TPSA) is 50.9 Å². The molecule has 4 nitrogen and oxygen atoms in total. The van der Waals surface area contributed by atoms with E-state index in [-0.39, 0.29) is 48.5 Å². The zero-order valence-corrected chi connectivity index (χ0v) is 45.1. The summed E-state index contributed by atoms with van der Waals surface area (Å²) in [5.41, 5.74) is 13.7. The summed E-state index contributed by atoms with van der Waals surface area (Å²) in [6, 6.07) is 52.2. The SMILES string of the molecule is CC(C)(C)Cc1ccc2c(ccc3c4ccnc(-c5[c-]c(-c6cccc7c6nc(-c6cc(C(C)(C)C)cc(C(C)(C)C)c6O)n7-c6ccc(C(C)(C)C)cc6-c6ccccc6)ccc5)c4sc23)c1.[Pt]. The van der Waals surface area contributed by atoms with Gasteiger partial charge in [0.15, 0.2) is 0 Å². The van der Waals surface area contributed by atoms with Gasteiger partial charge in [-0.15, -0.1) is 41.2 Å². The normalized spacial score (nSPS) is 12.6. The third-order valence-electron chi connectivity index (χ3n) is 13.4. The number of hydrogen-bond donors (Lipinski definition) is 1. The van der Waals surface area contributed by atoms with Crippen LogP contribution in [0.15, 0.2) is 140 Å². The van der Waals surface area contributed by atoms with Gasteiger partial charge in [-0.2, -0.15) is 0 Å². The summed E-state index contributed by atoms with van der Waals surface area (Å²) >= 11 is 1.82. The number of hydrogen-bond acceptors (Lipinski definition) is 4. The van der Waals surface area contributed by atoms with Crippen molar-refractivity contribution in [1.29, 1.82) is 0 Å². The first-order chi connectivity index (χ1) is 32.1. The maximum Gasteiger partial charge on any atom is 0.148 e. The summed E-state index contributed by atoms with van der Waals surface area (Å²) in [6.45, 7) is 26.9. The van der Waals surface area contributed by atoms with Gasteiger partial charge in [0.05, 0.1) is 22.3 Å². The Morgan fingerprint density at radius 2 is 1.26 bits per heavy atom. The Morgan fingerprint density at radius 3 is 1.97 bits per heavy atom. The molecule has 0 unspecified atom stereocenters. The molecule has 3 aromatic heterocycles. The molecule has 0 radical (unpaired) electrons. The van der Waals surface area contributed by atoms with E-state index in [1.54, 1.807) is 0 Å². The van der Waals surface area contributed by atoms with Crippen molar-refractivity contribution < 1.29 is 26.2 Å². The van der Waals surface area contributed by atoms with E-state index in [4.69, 9.17) is 9.97 Å². The summed E-state index contributed by atoms with van der Waals surface area (Å²) < 4.78 is 4.72. The Labute approximate surface area is 426 Å². The molecule has 69 heavy (non-hydrogen) atoms. The Morgan fingerprint density at radius 1 is 0.580 bits per heavy atom. The predicted octanol–water partition coefficient (Wildman–Crippen LogP) is 17.6. The average Bonchev–Trinajstić information content (AvgIpc) is 3.87. The zero-order chi connectivity index (χ0) is 48.1. The molecular formula is C63H62N3OPtS-. The first-order valence-corrected chi connectivity index (χ1v) is 24.8. The fourth-order valence-corrected chi connectivity index (χ4v) is 11.1. The van der Waals surface area contributed by atoms with E-state index in [1.807, 2.05) is 17.5 Å². The van der Waals surface area contributed by atoms with Crippen LogP contribution in [0.25, 0.3) is 92.6 Å². The number of rotatable bonds is 6. The third-order valence-corrected chi connectivity index (χ3v) is 14.7. The quantitative estimate of drug-likeness (QED) is 0.169. The van der Waals surface area contributed by atoms with E-state index >= 15 is 0 Å². The molecule has 0 fully saturated rings. The van der Waals surface area contributed by atoms with Crippen LogP contribution in [0.2, 0.25) is 0 Å². The third kappa shape index (κ3) is 8.98. The standard InChI is InChI=1S/C63H62N3OS.Pt/c1-60(2,3)37-38-24-27-46-41(32-38)25-28-47-48-30-31-64-54(58(48)68-57(46)47)42-21-16-20-40(33-42)45-22-17-23-53-55(45)65-59(50-35-44(62(7,8)9)36-51(56(50)67)63(10,11)12)66(53)52-29-26-43(61(4,5)6)34-49(52)39-18-14-13-15-19-39;/h13-32,34-36,67H,37H2,1-12H3;/q-1;. The van der Waals surface area contributed by atoms with Crippen molar-refractivity contribution >= 4 is 53.3 Å². The number of phenolic OH excluding ortho intramolecular Hbond substituents is 1. The van der Waals surface area contributed by atoms with Crippen molar-refractivity contribution in [3.05, 3.63) is 168 Å². The van der Waals surface area contributed by atoms with Crippen LogP contribution in [0.4, 0.5) is 0 Å². The fourth-order valence-electron chi connectivity index (χ4n) is 9.81. The Balaban J connectivity index is 0.00000593. The monoisotopic (exact) mass is 1100 g/mol. The number of aromatic hydroxyl groups is 1. The van der Waals surface area contributed by atoms with Crippen LogP contribution < -0.4 is 0 Å². The number of thiophene rings is 1. The molecule has 1 N–H and O–H groups in total. The number of para-hydroxylation sites is 1. The van der Waals surface area contributed by atoms with Crippen LogP contribution in [0.3, 0.4) is 0 Å². The summed E-state index contributed by atoms with van der Waals surface area (Å²) in [5, 5.41) is 17.5. The molecular weight excluding hydrogens is 1040 g/mol. The van der Waals surface area contributed by atoms with Crippen molar-refractivity contribution in [3.63, 3.8) is 0 Å². The number of aromatic nitrogens is 3. The van der Waals surface area contributed by atoms with Gasteiger partial charge < -0.3 is 5.11 Å². The molecule has 7 aromatic carbocycles. The van der Waals surface area contributed by atoms with Gasteiger partial charge in [-0.3, -0.25) is 9.55 Å². The van der Waals surface area contributed by atoms with Crippen molar-refractivity contribution in [2.75, 3.05) is 0 Å². The second kappa shape index (κ2) is 17.5. The first kappa shape index (κ1) is 48.2. The molecule has 0 saturated heterocycles. The smallest absolute Gasteiger partial charge is 0.148 e. The molecule has 0 aliphatic rings. The number of nitrogens with zero attached hydrogens (tertiary/aromatic N) is 3. The van der Waals surface area contributed by atoms with Crippen molar-refractivity contribution in [1.82, 2.24) is 14.5 Å². The molecule has 352 valence electrons. The molecule has 0 aliphatic carbocycles. The zero-order valence-electron chi connectivity index (χ0n) is 42.0. The first-order valence-electron chi connectivity index (χ1n) is 24.0. The van der Waals surface area contributed by atoms with Crippen LogP contribution in [-0.2, 0) is 43.7 Å². The molecule has 3 heterocycles. The van der Waals surface area contributed by atoms with E-state index in [0.717, 1.165) is 72.5 Å². The maximum absolute atomic E-state index is 12.5. The number of benzene rings is 7. The Hall–Kier alpha value is -5.87. The molecule has 0 bridgehead atoms. The van der Waals surface area contributed by atoms with Crippen LogP contribution in [-0.4, -0.2) is 19.6 Å². The molecule has 0 aliphatic heterocycles. The van der Waals surface area contributed by atoms with Crippen molar-refractivity contribution in [2.45, 2.75) is 106 Å². The summed E-state index contributed by atoms with van der Waals surface area (Å²) in [4.78, 5) is 10.7. The van der Waals surface area contributed by atoms with Gasteiger partial charge in [-0.05, 0) is 96.8 Å². The van der Waals surface area contributed by atoms with Gasteiger partial charge in [0, 0.05) is 58.9 Å². The van der Waals surface area contributed by atoms with Gasteiger partial charge in [0.25, 0.3) is 0 Å². The van der Waals surface area contributed by atoms with E-state index in [2.05, 4.69) is 227 Å². The fraction of sp³-hybridized carbons (Fsp3) is 0.270. The summed E-state index contributed by atoms with van der Waals surface area (Å²) in [7, 11) is 0. The Kier molecular flexibility index (Phi) is 12.2. The maximum atomic E-state index is 12.5. The van der Waals surface area contributed by atoms with Gasteiger partial charge in [-0.25, -0.2) is 4.98 Å². The number of fused-ring (bicyclic) bond motifs is 6. The molecule has 0 amide bonds. The minimum atomic E-state index is -0.324. The number of imidazole rings is 1. The minimum absolute atomic E-state index is 0. The second-order valence-electron chi connectivity index (χ2n) is 23.1. The van der Waals surface area contributed by atoms with E-state index < -0.39 is 0 Å². The van der Waals surface area contributed by atoms with Crippen molar-refractivity contribution in [2.24, 2.45) is 5.41 Å². The second-order valence-corrected chi connectivity index (χ2v) is 24.1. The molecule has 0 saturated carbocycles. The summed E-state index contributed by atoms with van der Waals surface area (Å²) in [6.07, 6.45) is 2.97. The summed E-state index contributed by atoms with van der Waals surface area (Å²) in [5.74, 6) is 0.943. The van der Waals surface area contributed by atoms with Crippen LogP contribution in [0, 0.1) is 11.5 Å². The largest absolute Gasteiger partial charge is 0.507 e. The molecule has 6 heteroatoms. The minimum Gasteiger partial charge on any atom is -0.507 e. The molecule has 0 spiro atoms. The van der Waals surface area contributed by atoms with Gasteiger partial charge in [0.1, 0.15) is 11.6 Å². The van der Waals surface area contributed by atoms with Crippen LogP contribution in [0.5, 0.6) is 5.75 Å². The molecule has 0 atom stereocenters. The number of phenols is 1. The predicted molar refractivity (Wildman–Crippen MR) is 291 cm³/mol. The van der Waals surface area contributed by atoms with Gasteiger partial charge in [0.2, 0.25) is 0 Å². The van der Waals surface area contributed by atoms with E-state index in [0.29, 0.717) is 11.4 Å². The van der Waals surface area contributed by atoms with Crippen LogP contribution in [0.1, 0.15) is 105 Å². The molecule has 10 rings (SSSR count). The van der Waals surface area contributed by atoms with Crippen LogP contribution >= 0.6 is 11.3 Å². The van der Waals surface area contributed by atoms with Gasteiger partial charge >= 0.3 is 0 Å². The van der Waals surface area contributed by atoms with E-state index in [9.17, 15) is 5.11 Å². The van der Waals surface area contributed by atoms with Gasteiger partial charge in [-0.1, -0.05) is 179 Å². The number of pyridine rings is 1. The van der Waals surface area contributed by atoms with Crippen molar-refractivity contribution in [3.8, 4) is 56.3 Å². The Bertz CT molecular complexity index is 3590.